The van der Waals surface area contributed by atoms with Gasteiger partial charge in [0.25, 0.3) is 0 Å². The zero-order chi connectivity index (χ0) is 30.3. The fraction of sp³-hybridized carbons (Fsp3) is 0.784. The maximum Gasteiger partial charge on any atom is 0.302 e. The molecule has 0 unspecified atom stereocenters. The van der Waals surface area contributed by atoms with Crippen LogP contribution < -0.4 is 5.32 Å². The van der Waals surface area contributed by atoms with Gasteiger partial charge in [0, 0.05) is 24.4 Å². The summed E-state index contributed by atoms with van der Waals surface area (Å²) in [6.07, 6.45) is 14.6. The van der Waals surface area contributed by atoms with Gasteiger partial charge in [0.05, 0.1) is 17.9 Å². The molecule has 0 spiro atoms. The van der Waals surface area contributed by atoms with Crippen molar-refractivity contribution in [1.82, 2.24) is 5.32 Å². The summed E-state index contributed by atoms with van der Waals surface area (Å²) >= 11 is 0. The Balaban J connectivity index is 1.32. The van der Waals surface area contributed by atoms with Crippen molar-refractivity contribution in [3.05, 3.63) is 36.3 Å². The van der Waals surface area contributed by atoms with Gasteiger partial charge in [-0.25, -0.2) is 0 Å². The molecule has 5 heteroatoms. The topological polar surface area (TPSA) is 68.5 Å². The Morgan fingerprint density at radius 2 is 1.69 bits per heavy atom. The predicted molar refractivity (Wildman–Crippen MR) is 165 cm³/mol. The van der Waals surface area contributed by atoms with Crippen LogP contribution in [0.25, 0.3) is 0 Å². The molecule has 1 aromatic heterocycles. The van der Waals surface area contributed by atoms with E-state index in [2.05, 4.69) is 53.4 Å². The van der Waals surface area contributed by atoms with Gasteiger partial charge >= 0.3 is 5.97 Å². The summed E-state index contributed by atoms with van der Waals surface area (Å²) in [4.78, 5) is 26.2. The molecule has 5 nitrogen and oxygen atoms in total. The SMILES string of the molecule is C=C(C)[C@@H]1CC[C@]2(C(=O)NCc3ccoc3)CC[C@]3(C)[C@H](CC[C@@H]4[C@@]5(C)CC[C@H](OC(C)=O)C(C)(C)[C@@H]5CC[C@]43C)[C@@H]12. The van der Waals surface area contributed by atoms with Crippen molar-refractivity contribution < 1.29 is 18.7 Å². The van der Waals surface area contributed by atoms with Crippen molar-refractivity contribution >= 4 is 11.9 Å². The second-order valence-corrected chi connectivity index (χ2v) is 16.6. The largest absolute Gasteiger partial charge is 0.472 e. The summed E-state index contributed by atoms with van der Waals surface area (Å²) in [5.74, 6) is 2.61. The van der Waals surface area contributed by atoms with E-state index in [-0.39, 0.29) is 45.1 Å². The summed E-state index contributed by atoms with van der Waals surface area (Å²) in [5.41, 5.74) is 2.62. The molecule has 5 aliphatic carbocycles. The third-order valence-electron chi connectivity index (χ3n) is 14.8. The minimum absolute atomic E-state index is 0.00929. The van der Waals surface area contributed by atoms with Crippen LogP contribution >= 0.6 is 0 Å². The maximum absolute atomic E-state index is 14.2. The standard InChI is InChI=1S/C37H55NO4/c1-23(2)26-11-17-37(32(40)38-21-25-14-20-41-22-25)19-18-35(7)27(31(26)37)9-10-29-34(6)15-13-30(42-24(3)39)33(4,5)28(34)12-16-36(29,35)8/h14,20,22,26-31H,1,9-13,15-19,21H2,2-8H3,(H,38,40)/t26-,27+,28-,29+,30-,31+,34-,35+,36+,37-/m0/s1. The number of fused-ring (bicyclic) bond motifs is 7. The number of hydrogen-bond donors (Lipinski definition) is 1. The van der Waals surface area contributed by atoms with Crippen LogP contribution in [0, 0.1) is 56.7 Å². The lowest BCUT2D eigenvalue weighted by Gasteiger charge is -2.72. The van der Waals surface area contributed by atoms with Crippen LogP contribution in [0.4, 0.5) is 0 Å². The molecular weight excluding hydrogens is 522 g/mol. The first-order chi connectivity index (χ1) is 19.7. The predicted octanol–water partition coefficient (Wildman–Crippen LogP) is 8.49. The highest BCUT2D eigenvalue weighted by Gasteiger charge is 2.72. The molecule has 0 aliphatic heterocycles. The average molecular weight is 578 g/mol. The molecule has 0 bridgehead atoms. The first-order valence-electron chi connectivity index (χ1n) is 16.8. The lowest BCUT2D eigenvalue weighted by Crippen LogP contribution is -2.67. The molecule has 0 aromatic carbocycles. The van der Waals surface area contributed by atoms with Crippen molar-refractivity contribution in [2.24, 2.45) is 56.7 Å². The first-order valence-corrected chi connectivity index (χ1v) is 16.8. The highest BCUT2D eigenvalue weighted by atomic mass is 16.5. The van der Waals surface area contributed by atoms with E-state index in [4.69, 9.17) is 9.15 Å². The smallest absolute Gasteiger partial charge is 0.302 e. The zero-order valence-electron chi connectivity index (χ0n) is 27.3. The number of nitrogens with one attached hydrogen (secondary N) is 1. The third kappa shape index (κ3) is 4.06. The summed E-state index contributed by atoms with van der Waals surface area (Å²) in [7, 11) is 0. The van der Waals surface area contributed by atoms with Gasteiger partial charge in [-0.2, -0.15) is 0 Å². The lowest BCUT2D eigenvalue weighted by atomic mass is 9.32. The minimum Gasteiger partial charge on any atom is -0.472 e. The van der Waals surface area contributed by atoms with Crippen molar-refractivity contribution in [3.8, 4) is 0 Å². The van der Waals surface area contributed by atoms with Gasteiger partial charge in [0.1, 0.15) is 6.10 Å². The van der Waals surface area contributed by atoms with Crippen molar-refractivity contribution in [1.29, 1.82) is 0 Å². The Bertz CT molecular complexity index is 1230. The lowest BCUT2D eigenvalue weighted by molar-refractivity contribution is -0.248. The van der Waals surface area contributed by atoms with E-state index in [1.54, 1.807) is 19.5 Å². The monoisotopic (exact) mass is 577 g/mol. The van der Waals surface area contributed by atoms with Crippen LogP contribution in [0.3, 0.4) is 0 Å². The van der Waals surface area contributed by atoms with Crippen LogP contribution in [0.2, 0.25) is 0 Å². The normalized spacial score (nSPS) is 45.5. The number of allylic oxidation sites excluding steroid dienone is 1. The molecule has 5 aliphatic rings. The average Bonchev–Trinajstić information content (AvgIpc) is 3.58. The van der Waals surface area contributed by atoms with Crippen LogP contribution in [0.1, 0.15) is 118 Å². The molecule has 1 amide bonds. The minimum atomic E-state index is -0.300. The van der Waals surface area contributed by atoms with Crippen LogP contribution in [-0.2, 0) is 20.9 Å². The number of amides is 1. The number of rotatable bonds is 5. The number of hydrogen-bond acceptors (Lipinski definition) is 4. The Morgan fingerprint density at radius 1 is 0.929 bits per heavy atom. The van der Waals surface area contributed by atoms with Gasteiger partial charge in [0.15, 0.2) is 0 Å². The molecular formula is C37H55NO4. The van der Waals surface area contributed by atoms with Gasteiger partial charge in [0.2, 0.25) is 5.91 Å². The summed E-state index contributed by atoms with van der Waals surface area (Å²) in [5, 5.41) is 3.36. The first kappa shape index (κ1) is 30.0. The van der Waals surface area contributed by atoms with E-state index in [1.807, 2.05) is 6.07 Å². The van der Waals surface area contributed by atoms with E-state index < -0.39 is 0 Å². The van der Waals surface area contributed by atoms with Gasteiger partial charge in [-0.05, 0) is 123 Å². The second-order valence-electron chi connectivity index (χ2n) is 16.6. The van der Waals surface area contributed by atoms with Crippen molar-refractivity contribution in [2.45, 2.75) is 125 Å². The van der Waals surface area contributed by atoms with Gasteiger partial charge in [-0.1, -0.05) is 46.8 Å². The molecule has 1 aromatic rings. The van der Waals surface area contributed by atoms with E-state index >= 15 is 0 Å². The molecule has 10 atom stereocenters. The summed E-state index contributed by atoms with van der Waals surface area (Å²) in [6.45, 7) is 21.4. The van der Waals surface area contributed by atoms with Crippen LogP contribution in [-0.4, -0.2) is 18.0 Å². The van der Waals surface area contributed by atoms with E-state index in [0.29, 0.717) is 36.1 Å². The number of esters is 1. The van der Waals surface area contributed by atoms with E-state index in [1.165, 1.54) is 31.3 Å². The van der Waals surface area contributed by atoms with Gasteiger partial charge in [-0.15, -0.1) is 0 Å². The van der Waals surface area contributed by atoms with Crippen LogP contribution in [0.5, 0.6) is 0 Å². The van der Waals surface area contributed by atoms with E-state index in [9.17, 15) is 9.59 Å². The number of carbonyl (C=O) groups is 2. The van der Waals surface area contributed by atoms with Gasteiger partial charge < -0.3 is 14.5 Å². The number of ether oxygens (including phenoxy) is 1. The maximum atomic E-state index is 14.2. The van der Waals surface area contributed by atoms with Crippen LogP contribution in [0.15, 0.2) is 35.2 Å². The molecule has 1 heterocycles. The summed E-state index contributed by atoms with van der Waals surface area (Å²) in [6, 6.07) is 1.94. The highest BCUT2D eigenvalue weighted by Crippen LogP contribution is 2.77. The molecule has 0 radical (unpaired) electrons. The Morgan fingerprint density at radius 3 is 2.36 bits per heavy atom. The van der Waals surface area contributed by atoms with Gasteiger partial charge in [-0.3, -0.25) is 9.59 Å². The Hall–Kier alpha value is -2.04. The molecule has 6 rings (SSSR count). The Kier molecular flexibility index (Phi) is 7.14. The molecule has 1 N–H and O–H groups in total. The fourth-order valence-corrected chi connectivity index (χ4v) is 12.7. The molecule has 5 fully saturated rings. The molecule has 5 saturated carbocycles. The van der Waals surface area contributed by atoms with Crippen molar-refractivity contribution in [2.75, 3.05) is 0 Å². The third-order valence-corrected chi connectivity index (χ3v) is 14.8. The molecule has 0 saturated heterocycles. The zero-order valence-corrected chi connectivity index (χ0v) is 27.3. The van der Waals surface area contributed by atoms with Crippen molar-refractivity contribution in [3.63, 3.8) is 0 Å². The summed E-state index contributed by atoms with van der Waals surface area (Å²) < 4.78 is 11.2. The fourth-order valence-electron chi connectivity index (χ4n) is 12.7. The molecule has 232 valence electrons. The number of furan rings is 1. The highest BCUT2D eigenvalue weighted by molar-refractivity contribution is 5.84. The van der Waals surface area contributed by atoms with E-state index in [0.717, 1.165) is 44.1 Å². The molecule has 42 heavy (non-hydrogen) atoms. The second kappa shape index (κ2) is 9.99. The number of carbonyl (C=O) groups excluding carboxylic acids is 2. The quantitative estimate of drug-likeness (QED) is 0.281. The Labute approximate surface area is 254 Å².